The van der Waals surface area contributed by atoms with Crippen molar-refractivity contribution in [1.29, 1.82) is 0 Å². The van der Waals surface area contributed by atoms with Crippen molar-refractivity contribution in [3.05, 3.63) is 60.2 Å². The highest BCUT2D eigenvalue weighted by Gasteiger charge is 2.60. The summed E-state index contributed by atoms with van der Waals surface area (Å²) in [5.74, 6) is 0.413. The summed E-state index contributed by atoms with van der Waals surface area (Å²) in [5.41, 5.74) is 1.64. The highest BCUT2D eigenvalue weighted by atomic mass is 35.5. The second kappa shape index (κ2) is 5.24. The minimum absolute atomic E-state index is 0.315. The number of carbonyl (C=O) groups is 1. The zero-order valence-electron chi connectivity index (χ0n) is 11.3. The van der Waals surface area contributed by atoms with Crippen LogP contribution in [0.1, 0.15) is 11.6 Å². The monoisotopic (exact) mass is 321 g/mol. The highest BCUT2D eigenvalue weighted by molar-refractivity contribution is 6.62. The van der Waals surface area contributed by atoms with E-state index in [9.17, 15) is 4.79 Å². The largest absolute Gasteiger partial charge is 0.497 e. The number of hydrogen-bond donors (Lipinski definition) is 0. The Hall–Kier alpha value is -1.71. The van der Waals surface area contributed by atoms with E-state index in [2.05, 4.69) is 0 Å². The van der Waals surface area contributed by atoms with Crippen molar-refractivity contribution in [2.24, 2.45) is 0 Å². The predicted octanol–water partition coefficient (Wildman–Crippen LogP) is 3.96. The summed E-state index contributed by atoms with van der Waals surface area (Å²) in [4.78, 5) is 13.9. The summed E-state index contributed by atoms with van der Waals surface area (Å²) in [6, 6.07) is 16.4. The number of rotatable bonds is 3. The van der Waals surface area contributed by atoms with Gasteiger partial charge in [-0.15, -0.1) is 0 Å². The molecule has 0 saturated carbocycles. The van der Waals surface area contributed by atoms with E-state index in [0.717, 1.165) is 17.0 Å². The van der Waals surface area contributed by atoms with Crippen LogP contribution < -0.4 is 9.64 Å². The third kappa shape index (κ3) is 2.27. The Morgan fingerprint density at radius 3 is 2.24 bits per heavy atom. The summed E-state index contributed by atoms with van der Waals surface area (Å²) in [5, 5.41) is 0. The zero-order valence-corrected chi connectivity index (χ0v) is 12.8. The molecule has 0 radical (unpaired) electrons. The number of carbonyl (C=O) groups excluding carboxylic acids is 1. The van der Waals surface area contributed by atoms with Gasteiger partial charge in [0.15, 0.2) is 0 Å². The maximum atomic E-state index is 12.3. The Kier molecular flexibility index (Phi) is 3.56. The van der Waals surface area contributed by atoms with Crippen molar-refractivity contribution in [3.8, 4) is 5.75 Å². The van der Waals surface area contributed by atoms with Crippen molar-refractivity contribution >= 4 is 34.8 Å². The van der Waals surface area contributed by atoms with Gasteiger partial charge in [0.1, 0.15) is 11.8 Å². The number of ether oxygens (including phenoxy) is 1. The fraction of sp³-hybridized carbons (Fsp3) is 0.188. The number of benzene rings is 2. The van der Waals surface area contributed by atoms with E-state index in [-0.39, 0.29) is 5.91 Å². The number of β-lactam (4-membered cyclic amide) rings is 1. The first-order valence-electron chi connectivity index (χ1n) is 6.46. The van der Waals surface area contributed by atoms with E-state index in [1.807, 2.05) is 42.5 Å². The van der Waals surface area contributed by atoms with Crippen molar-refractivity contribution < 1.29 is 9.53 Å². The van der Waals surface area contributed by atoms with E-state index in [1.54, 1.807) is 24.1 Å². The van der Waals surface area contributed by atoms with Crippen LogP contribution in [-0.4, -0.2) is 17.4 Å². The van der Waals surface area contributed by atoms with Crippen LogP contribution in [-0.2, 0) is 4.79 Å². The summed E-state index contributed by atoms with van der Waals surface area (Å²) >= 11 is 12.4. The number of methoxy groups -OCH3 is 1. The van der Waals surface area contributed by atoms with Gasteiger partial charge in [0.25, 0.3) is 5.91 Å². The molecule has 0 bridgehead atoms. The van der Waals surface area contributed by atoms with E-state index < -0.39 is 10.4 Å². The number of nitrogens with zero attached hydrogens (tertiary/aromatic N) is 1. The van der Waals surface area contributed by atoms with E-state index in [1.165, 1.54) is 0 Å². The zero-order chi connectivity index (χ0) is 15.0. The molecule has 108 valence electrons. The van der Waals surface area contributed by atoms with E-state index >= 15 is 0 Å². The van der Waals surface area contributed by atoms with Gasteiger partial charge >= 0.3 is 0 Å². The van der Waals surface area contributed by atoms with Crippen molar-refractivity contribution in [2.45, 2.75) is 10.4 Å². The molecule has 1 aliphatic heterocycles. The van der Waals surface area contributed by atoms with Gasteiger partial charge < -0.3 is 4.74 Å². The number of hydrogen-bond acceptors (Lipinski definition) is 2. The minimum atomic E-state index is -1.43. The maximum absolute atomic E-state index is 12.3. The van der Waals surface area contributed by atoms with Crippen LogP contribution in [0, 0.1) is 0 Å². The molecule has 0 spiro atoms. The molecule has 5 heteroatoms. The molecule has 1 amide bonds. The van der Waals surface area contributed by atoms with Gasteiger partial charge in [-0.1, -0.05) is 53.5 Å². The van der Waals surface area contributed by atoms with Crippen LogP contribution in [0.5, 0.6) is 5.75 Å². The molecule has 0 aromatic heterocycles. The quantitative estimate of drug-likeness (QED) is 0.632. The topological polar surface area (TPSA) is 29.5 Å². The standard InChI is InChI=1S/C16H13Cl2NO2/c1-21-13-9-7-12(8-10-13)19-14(16(17,18)15(19)20)11-5-3-2-4-6-11/h2-10,14H,1H3/t14-/m1/s1. The van der Waals surface area contributed by atoms with Gasteiger partial charge in [0.05, 0.1) is 7.11 Å². The molecule has 1 heterocycles. The molecule has 0 unspecified atom stereocenters. The van der Waals surface area contributed by atoms with Crippen LogP contribution in [0.25, 0.3) is 0 Å². The molecule has 1 atom stereocenters. The molecule has 2 aromatic rings. The molecule has 3 nitrogen and oxygen atoms in total. The summed E-state index contributed by atoms with van der Waals surface area (Å²) in [7, 11) is 1.60. The van der Waals surface area contributed by atoms with Crippen LogP contribution in [0.3, 0.4) is 0 Å². The average molecular weight is 322 g/mol. The predicted molar refractivity (Wildman–Crippen MR) is 84.1 cm³/mol. The molecule has 21 heavy (non-hydrogen) atoms. The van der Waals surface area contributed by atoms with E-state index in [4.69, 9.17) is 27.9 Å². The molecule has 1 saturated heterocycles. The SMILES string of the molecule is COc1ccc(N2C(=O)C(Cl)(Cl)[C@H]2c2ccccc2)cc1. The van der Waals surface area contributed by atoms with Crippen LogP contribution in [0.15, 0.2) is 54.6 Å². The second-order valence-electron chi connectivity index (χ2n) is 4.81. The number of alkyl halides is 2. The van der Waals surface area contributed by atoms with Gasteiger partial charge in [-0.25, -0.2) is 0 Å². The van der Waals surface area contributed by atoms with Crippen LogP contribution in [0.2, 0.25) is 0 Å². The first-order valence-corrected chi connectivity index (χ1v) is 7.22. The Bertz CT molecular complexity index is 656. The van der Waals surface area contributed by atoms with Crippen molar-refractivity contribution in [2.75, 3.05) is 12.0 Å². The van der Waals surface area contributed by atoms with Crippen molar-refractivity contribution in [1.82, 2.24) is 0 Å². The first kappa shape index (κ1) is 14.2. The van der Waals surface area contributed by atoms with E-state index in [0.29, 0.717) is 0 Å². The first-order chi connectivity index (χ1) is 10.1. The fourth-order valence-electron chi connectivity index (χ4n) is 2.49. The number of anilines is 1. The van der Waals surface area contributed by atoms with Gasteiger partial charge in [0, 0.05) is 5.69 Å². The lowest BCUT2D eigenvalue weighted by Gasteiger charge is -2.49. The Labute approximate surface area is 133 Å². The summed E-state index contributed by atoms with van der Waals surface area (Å²) in [6.45, 7) is 0. The fourth-order valence-corrected chi connectivity index (χ4v) is 3.12. The third-order valence-corrected chi connectivity index (χ3v) is 4.31. The molecular weight excluding hydrogens is 309 g/mol. The van der Waals surface area contributed by atoms with Gasteiger partial charge in [-0.2, -0.15) is 0 Å². The lowest BCUT2D eigenvalue weighted by atomic mass is 9.91. The lowest BCUT2D eigenvalue weighted by molar-refractivity contribution is -0.125. The molecule has 1 aliphatic rings. The highest BCUT2D eigenvalue weighted by Crippen LogP contribution is 2.52. The average Bonchev–Trinajstić information content (AvgIpc) is 2.52. The number of amides is 1. The van der Waals surface area contributed by atoms with Gasteiger partial charge in [-0.3, -0.25) is 9.69 Å². The minimum Gasteiger partial charge on any atom is -0.497 e. The molecular formula is C16H13Cl2NO2. The lowest BCUT2D eigenvalue weighted by Crippen LogP contribution is -2.62. The Morgan fingerprint density at radius 1 is 1.05 bits per heavy atom. The molecule has 2 aromatic carbocycles. The molecule has 0 aliphatic carbocycles. The van der Waals surface area contributed by atoms with Crippen molar-refractivity contribution in [3.63, 3.8) is 0 Å². The summed E-state index contributed by atoms with van der Waals surface area (Å²) in [6.07, 6.45) is 0. The molecule has 3 rings (SSSR count). The van der Waals surface area contributed by atoms with Gasteiger partial charge in [0.2, 0.25) is 4.33 Å². The normalized spacial score (nSPS) is 20.0. The Balaban J connectivity index is 1.98. The second-order valence-corrected chi connectivity index (χ2v) is 6.20. The maximum Gasteiger partial charge on any atom is 0.266 e. The molecule has 1 fully saturated rings. The number of halogens is 2. The summed E-state index contributed by atoms with van der Waals surface area (Å²) < 4.78 is 3.69. The van der Waals surface area contributed by atoms with Gasteiger partial charge in [-0.05, 0) is 29.8 Å². The van der Waals surface area contributed by atoms with Crippen LogP contribution in [0.4, 0.5) is 5.69 Å². The van der Waals surface area contributed by atoms with Crippen LogP contribution >= 0.6 is 23.2 Å². The Morgan fingerprint density at radius 2 is 1.67 bits per heavy atom. The molecule has 0 N–H and O–H groups in total. The smallest absolute Gasteiger partial charge is 0.266 e. The third-order valence-electron chi connectivity index (χ3n) is 3.57.